The molecule has 3 rings (SSSR count). The second-order valence-corrected chi connectivity index (χ2v) is 6.50. The molecule has 0 aliphatic carbocycles. The molecule has 2 aromatic heterocycles. The number of hydrogen-bond acceptors (Lipinski definition) is 5. The largest absolute Gasteiger partial charge is 0.363 e. The molecule has 0 amide bonds. The maximum absolute atomic E-state index is 9.39. The molecule has 1 N–H and O–H groups in total. The SMILES string of the molecule is Cc1cc(C)n(Cc2cccc(CNc3nnc(C)c(C)c3C#N)c2)n1. The van der Waals surface area contributed by atoms with Crippen LogP contribution in [0.3, 0.4) is 0 Å². The van der Waals surface area contributed by atoms with E-state index in [4.69, 9.17) is 0 Å². The van der Waals surface area contributed by atoms with E-state index in [9.17, 15) is 5.26 Å². The highest BCUT2D eigenvalue weighted by Crippen LogP contribution is 2.18. The van der Waals surface area contributed by atoms with E-state index in [2.05, 4.69) is 57.9 Å². The Morgan fingerprint density at radius 2 is 1.85 bits per heavy atom. The van der Waals surface area contributed by atoms with Crippen LogP contribution in [0.4, 0.5) is 5.82 Å². The molecular weight excluding hydrogens is 324 g/mol. The van der Waals surface area contributed by atoms with Crippen molar-refractivity contribution < 1.29 is 0 Å². The Bertz CT molecular complexity index is 980. The van der Waals surface area contributed by atoms with E-state index in [0.29, 0.717) is 17.9 Å². The van der Waals surface area contributed by atoms with Gasteiger partial charge in [-0.3, -0.25) is 4.68 Å². The molecule has 3 aromatic rings. The van der Waals surface area contributed by atoms with Gasteiger partial charge in [0.05, 0.1) is 17.9 Å². The van der Waals surface area contributed by atoms with E-state index < -0.39 is 0 Å². The summed E-state index contributed by atoms with van der Waals surface area (Å²) in [6, 6.07) is 12.6. The molecule has 2 heterocycles. The monoisotopic (exact) mass is 346 g/mol. The fourth-order valence-corrected chi connectivity index (χ4v) is 2.90. The van der Waals surface area contributed by atoms with Crippen LogP contribution in [0.25, 0.3) is 0 Å². The number of nitrogens with zero attached hydrogens (tertiary/aromatic N) is 5. The minimum Gasteiger partial charge on any atom is -0.363 e. The van der Waals surface area contributed by atoms with Crippen LogP contribution in [0.2, 0.25) is 0 Å². The molecule has 0 radical (unpaired) electrons. The summed E-state index contributed by atoms with van der Waals surface area (Å²) >= 11 is 0. The second kappa shape index (κ2) is 7.36. The van der Waals surface area contributed by atoms with Crippen LogP contribution in [0.5, 0.6) is 0 Å². The lowest BCUT2D eigenvalue weighted by Gasteiger charge is -2.11. The molecule has 0 bridgehead atoms. The van der Waals surface area contributed by atoms with Crippen molar-refractivity contribution in [1.29, 1.82) is 5.26 Å². The number of nitriles is 1. The van der Waals surface area contributed by atoms with Gasteiger partial charge >= 0.3 is 0 Å². The molecule has 0 saturated carbocycles. The standard InChI is InChI=1S/C20H22N6/c1-13-8-14(2)26(25-13)12-18-7-5-6-17(9-18)11-22-20-19(10-21)15(3)16(4)23-24-20/h5-9H,11-12H2,1-4H3,(H,22,24). The minimum atomic E-state index is 0.527. The van der Waals surface area contributed by atoms with Crippen molar-refractivity contribution in [2.24, 2.45) is 0 Å². The van der Waals surface area contributed by atoms with Crippen molar-refractivity contribution in [2.45, 2.75) is 40.8 Å². The summed E-state index contributed by atoms with van der Waals surface area (Å²) in [4.78, 5) is 0. The van der Waals surface area contributed by atoms with Crippen molar-refractivity contribution in [1.82, 2.24) is 20.0 Å². The van der Waals surface area contributed by atoms with Crippen LogP contribution in [-0.2, 0) is 13.1 Å². The zero-order valence-corrected chi connectivity index (χ0v) is 15.5. The highest BCUT2D eigenvalue weighted by atomic mass is 15.3. The lowest BCUT2D eigenvalue weighted by Crippen LogP contribution is -2.08. The Morgan fingerprint density at radius 3 is 2.54 bits per heavy atom. The molecule has 26 heavy (non-hydrogen) atoms. The molecule has 0 unspecified atom stereocenters. The zero-order chi connectivity index (χ0) is 18.7. The zero-order valence-electron chi connectivity index (χ0n) is 15.5. The van der Waals surface area contributed by atoms with Gasteiger partial charge in [0.15, 0.2) is 5.82 Å². The maximum Gasteiger partial charge on any atom is 0.167 e. The van der Waals surface area contributed by atoms with Gasteiger partial charge in [0.2, 0.25) is 0 Å². The van der Waals surface area contributed by atoms with E-state index in [1.54, 1.807) is 0 Å². The van der Waals surface area contributed by atoms with E-state index in [-0.39, 0.29) is 0 Å². The molecule has 132 valence electrons. The third-order valence-corrected chi connectivity index (χ3v) is 4.45. The average molecular weight is 346 g/mol. The van der Waals surface area contributed by atoms with Crippen LogP contribution >= 0.6 is 0 Å². The van der Waals surface area contributed by atoms with E-state index >= 15 is 0 Å². The number of anilines is 1. The molecule has 0 spiro atoms. The topological polar surface area (TPSA) is 79.4 Å². The Morgan fingerprint density at radius 1 is 1.08 bits per heavy atom. The number of nitrogens with one attached hydrogen (secondary N) is 1. The predicted octanol–water partition coefficient (Wildman–Crippen LogP) is 3.44. The molecule has 0 aliphatic rings. The summed E-state index contributed by atoms with van der Waals surface area (Å²) in [5.41, 5.74) is 6.67. The predicted molar refractivity (Wildman–Crippen MR) is 101 cm³/mol. The van der Waals surface area contributed by atoms with Gasteiger partial charge < -0.3 is 5.32 Å². The van der Waals surface area contributed by atoms with Gasteiger partial charge in [-0.1, -0.05) is 24.3 Å². The fraction of sp³-hybridized carbons (Fsp3) is 0.300. The normalized spacial score (nSPS) is 10.6. The van der Waals surface area contributed by atoms with Gasteiger partial charge in [-0.2, -0.15) is 15.5 Å². The summed E-state index contributed by atoms with van der Waals surface area (Å²) in [7, 11) is 0. The third-order valence-electron chi connectivity index (χ3n) is 4.45. The molecular formula is C20H22N6. The molecule has 6 nitrogen and oxygen atoms in total. The van der Waals surface area contributed by atoms with E-state index in [1.807, 2.05) is 31.5 Å². The number of aromatic nitrogens is 4. The average Bonchev–Trinajstić information content (AvgIpc) is 2.93. The smallest absolute Gasteiger partial charge is 0.167 e. The lowest BCUT2D eigenvalue weighted by atomic mass is 10.1. The molecule has 6 heteroatoms. The van der Waals surface area contributed by atoms with Crippen LogP contribution in [0, 0.1) is 39.0 Å². The first kappa shape index (κ1) is 17.6. The number of rotatable bonds is 5. The van der Waals surface area contributed by atoms with Crippen LogP contribution in [0.1, 0.15) is 39.3 Å². The summed E-state index contributed by atoms with van der Waals surface area (Å²) < 4.78 is 2.00. The van der Waals surface area contributed by atoms with Gasteiger partial charge in [0.1, 0.15) is 11.6 Å². The van der Waals surface area contributed by atoms with E-state index in [1.165, 1.54) is 5.56 Å². The van der Waals surface area contributed by atoms with Crippen LogP contribution < -0.4 is 5.32 Å². The molecule has 0 fully saturated rings. The number of benzene rings is 1. The first-order valence-corrected chi connectivity index (χ1v) is 8.54. The van der Waals surface area contributed by atoms with Crippen molar-refractivity contribution in [3.8, 4) is 6.07 Å². The fourth-order valence-electron chi connectivity index (χ4n) is 2.90. The van der Waals surface area contributed by atoms with E-state index in [0.717, 1.165) is 34.8 Å². The Hall–Kier alpha value is -3.20. The van der Waals surface area contributed by atoms with Gasteiger partial charge in [0, 0.05) is 12.2 Å². The van der Waals surface area contributed by atoms with Crippen molar-refractivity contribution in [3.05, 3.63) is 69.7 Å². The lowest BCUT2D eigenvalue weighted by molar-refractivity contribution is 0.658. The molecule has 0 saturated heterocycles. The van der Waals surface area contributed by atoms with Crippen molar-refractivity contribution in [3.63, 3.8) is 0 Å². The maximum atomic E-state index is 9.39. The third kappa shape index (κ3) is 3.72. The summed E-state index contributed by atoms with van der Waals surface area (Å²) in [6.45, 7) is 9.13. The van der Waals surface area contributed by atoms with Crippen molar-refractivity contribution >= 4 is 5.82 Å². The van der Waals surface area contributed by atoms with Gasteiger partial charge in [-0.15, -0.1) is 5.10 Å². The quantitative estimate of drug-likeness (QED) is 0.765. The number of hydrogen-bond donors (Lipinski definition) is 1. The van der Waals surface area contributed by atoms with Crippen molar-refractivity contribution in [2.75, 3.05) is 5.32 Å². The second-order valence-electron chi connectivity index (χ2n) is 6.50. The highest BCUT2D eigenvalue weighted by molar-refractivity contribution is 5.56. The number of aryl methyl sites for hydroxylation is 3. The first-order valence-electron chi connectivity index (χ1n) is 8.54. The van der Waals surface area contributed by atoms with Crippen LogP contribution in [0.15, 0.2) is 30.3 Å². The van der Waals surface area contributed by atoms with Gasteiger partial charge in [-0.25, -0.2) is 0 Å². The summed E-state index contributed by atoms with van der Waals surface area (Å²) in [5, 5.41) is 25.4. The molecule has 0 atom stereocenters. The minimum absolute atomic E-state index is 0.527. The Balaban J connectivity index is 1.75. The molecule has 1 aromatic carbocycles. The Kier molecular flexibility index (Phi) is 4.99. The van der Waals surface area contributed by atoms with Gasteiger partial charge in [0.25, 0.3) is 0 Å². The molecule has 0 aliphatic heterocycles. The Labute approximate surface area is 153 Å². The summed E-state index contributed by atoms with van der Waals surface area (Å²) in [5.74, 6) is 0.527. The highest BCUT2D eigenvalue weighted by Gasteiger charge is 2.10. The first-order chi connectivity index (χ1) is 12.5. The summed E-state index contributed by atoms with van der Waals surface area (Å²) in [6.07, 6.45) is 0. The van der Waals surface area contributed by atoms with Gasteiger partial charge in [-0.05, 0) is 50.5 Å². The van der Waals surface area contributed by atoms with Crippen LogP contribution in [-0.4, -0.2) is 20.0 Å².